The normalized spacial score (nSPS) is 12.9. The molecule has 1 unspecified atom stereocenters. The zero-order chi connectivity index (χ0) is 10.8. The van der Waals surface area contributed by atoms with Crippen molar-refractivity contribution in [1.29, 1.82) is 0 Å². The molecule has 1 atom stereocenters. The number of hydrogen-bond donors (Lipinski definition) is 2. The lowest BCUT2D eigenvalue weighted by atomic mass is 10.1. The first-order valence-corrected chi connectivity index (χ1v) is 4.99. The van der Waals surface area contributed by atoms with Gasteiger partial charge in [-0.25, -0.2) is 0 Å². The fourth-order valence-electron chi connectivity index (χ4n) is 1.67. The molecule has 3 heteroatoms. The average Bonchev–Trinajstić information content (AvgIpc) is 2.17. The summed E-state index contributed by atoms with van der Waals surface area (Å²) in [6.07, 6.45) is 2.57. The number of hydrogen-bond acceptors (Lipinski definition) is 3. The molecule has 78 valence electrons. The van der Waals surface area contributed by atoms with Crippen LogP contribution in [0.3, 0.4) is 0 Å². The zero-order valence-corrected chi connectivity index (χ0v) is 8.64. The van der Waals surface area contributed by atoms with E-state index in [1.165, 1.54) is 0 Å². The van der Waals surface area contributed by atoms with E-state index in [0.717, 1.165) is 17.4 Å². The second-order valence-corrected chi connectivity index (χ2v) is 3.87. The van der Waals surface area contributed by atoms with Gasteiger partial charge in [-0.05, 0) is 31.0 Å². The molecule has 2 rings (SSSR count). The molecule has 0 aliphatic heterocycles. The molecule has 3 N–H and O–H groups in total. The van der Waals surface area contributed by atoms with Gasteiger partial charge in [0, 0.05) is 17.6 Å². The van der Waals surface area contributed by atoms with Crippen molar-refractivity contribution in [2.45, 2.75) is 19.4 Å². The number of nitrogens with zero attached hydrogens (tertiary/aromatic N) is 1. The fraction of sp³-hybridized carbons (Fsp3) is 0.250. The summed E-state index contributed by atoms with van der Waals surface area (Å²) in [5.74, 6) is 0.222. The van der Waals surface area contributed by atoms with Gasteiger partial charge in [-0.3, -0.25) is 4.98 Å². The number of para-hydroxylation sites is 1. The third-order valence-corrected chi connectivity index (χ3v) is 2.30. The van der Waals surface area contributed by atoms with Crippen molar-refractivity contribution < 1.29 is 5.11 Å². The Kier molecular flexibility index (Phi) is 2.56. The van der Waals surface area contributed by atoms with Crippen molar-refractivity contribution in [3.8, 4) is 5.75 Å². The molecule has 0 saturated carbocycles. The van der Waals surface area contributed by atoms with Crippen LogP contribution in [-0.4, -0.2) is 16.1 Å². The van der Waals surface area contributed by atoms with E-state index in [0.29, 0.717) is 5.52 Å². The predicted molar refractivity (Wildman–Crippen MR) is 60.8 cm³/mol. The molecule has 0 amide bonds. The summed E-state index contributed by atoms with van der Waals surface area (Å²) in [5.41, 5.74) is 7.47. The number of aromatic hydroxyl groups is 1. The summed E-state index contributed by atoms with van der Waals surface area (Å²) in [5, 5.41) is 10.5. The minimum absolute atomic E-state index is 0.126. The Morgan fingerprint density at radius 3 is 3.00 bits per heavy atom. The van der Waals surface area contributed by atoms with Gasteiger partial charge in [0.15, 0.2) is 0 Å². The van der Waals surface area contributed by atoms with Gasteiger partial charge in [-0.1, -0.05) is 12.1 Å². The van der Waals surface area contributed by atoms with Gasteiger partial charge in [-0.15, -0.1) is 0 Å². The van der Waals surface area contributed by atoms with Crippen LogP contribution in [0, 0.1) is 0 Å². The van der Waals surface area contributed by atoms with Crippen LogP contribution in [0.1, 0.15) is 12.5 Å². The van der Waals surface area contributed by atoms with E-state index < -0.39 is 0 Å². The van der Waals surface area contributed by atoms with Crippen LogP contribution in [-0.2, 0) is 6.42 Å². The topological polar surface area (TPSA) is 59.1 Å². The predicted octanol–water partition coefficient (Wildman–Crippen LogP) is 1.83. The van der Waals surface area contributed by atoms with Gasteiger partial charge in [0.25, 0.3) is 0 Å². The number of benzene rings is 1. The van der Waals surface area contributed by atoms with E-state index in [1.54, 1.807) is 12.3 Å². The van der Waals surface area contributed by atoms with Crippen molar-refractivity contribution in [3.05, 3.63) is 36.0 Å². The molecule has 1 aromatic heterocycles. The first kappa shape index (κ1) is 9.93. The maximum atomic E-state index is 9.56. The second-order valence-electron chi connectivity index (χ2n) is 3.87. The second kappa shape index (κ2) is 3.87. The highest BCUT2D eigenvalue weighted by atomic mass is 16.3. The van der Waals surface area contributed by atoms with Gasteiger partial charge in [0.05, 0.1) is 0 Å². The number of phenolic OH excluding ortho intramolecular Hbond substituents is 1. The molecule has 0 fully saturated rings. The van der Waals surface area contributed by atoms with Crippen molar-refractivity contribution in [2.75, 3.05) is 0 Å². The quantitative estimate of drug-likeness (QED) is 0.781. The minimum Gasteiger partial charge on any atom is -0.506 e. The molecule has 1 heterocycles. The third kappa shape index (κ3) is 2.07. The Hall–Kier alpha value is -1.61. The molecular weight excluding hydrogens is 188 g/mol. The SMILES string of the molecule is CC(N)Cc1cnc2c(O)cccc2c1. The molecule has 0 spiro atoms. The van der Waals surface area contributed by atoms with Crippen molar-refractivity contribution in [3.63, 3.8) is 0 Å². The summed E-state index contributed by atoms with van der Waals surface area (Å²) < 4.78 is 0. The highest BCUT2D eigenvalue weighted by Gasteiger charge is 2.03. The molecule has 0 aliphatic rings. The molecule has 0 bridgehead atoms. The van der Waals surface area contributed by atoms with Crippen LogP contribution in [0.4, 0.5) is 0 Å². The van der Waals surface area contributed by atoms with E-state index in [1.807, 2.05) is 25.1 Å². The molecule has 2 aromatic rings. The van der Waals surface area contributed by atoms with Crippen molar-refractivity contribution in [1.82, 2.24) is 4.98 Å². The van der Waals surface area contributed by atoms with Crippen LogP contribution in [0.2, 0.25) is 0 Å². The van der Waals surface area contributed by atoms with Crippen LogP contribution < -0.4 is 5.73 Å². The highest BCUT2D eigenvalue weighted by Crippen LogP contribution is 2.22. The van der Waals surface area contributed by atoms with E-state index in [4.69, 9.17) is 5.73 Å². The van der Waals surface area contributed by atoms with E-state index >= 15 is 0 Å². The number of rotatable bonds is 2. The molecule has 0 radical (unpaired) electrons. The fourth-order valence-corrected chi connectivity index (χ4v) is 1.67. The number of fused-ring (bicyclic) bond motifs is 1. The Balaban J connectivity index is 2.48. The van der Waals surface area contributed by atoms with E-state index in [9.17, 15) is 5.11 Å². The number of pyridine rings is 1. The first-order valence-electron chi connectivity index (χ1n) is 4.99. The minimum atomic E-state index is 0.126. The van der Waals surface area contributed by atoms with Crippen LogP contribution in [0.5, 0.6) is 5.75 Å². The smallest absolute Gasteiger partial charge is 0.141 e. The van der Waals surface area contributed by atoms with Gasteiger partial charge >= 0.3 is 0 Å². The standard InChI is InChI=1S/C12H14N2O/c1-8(13)5-9-6-10-3-2-4-11(15)12(10)14-7-9/h2-4,6-8,15H,5,13H2,1H3. The van der Waals surface area contributed by atoms with Gasteiger partial charge in [0.1, 0.15) is 11.3 Å². The zero-order valence-electron chi connectivity index (χ0n) is 8.64. The Bertz CT molecular complexity index is 480. The summed E-state index contributed by atoms with van der Waals surface area (Å²) >= 11 is 0. The van der Waals surface area contributed by atoms with E-state index in [2.05, 4.69) is 4.98 Å². The van der Waals surface area contributed by atoms with Crippen molar-refractivity contribution in [2.24, 2.45) is 5.73 Å². The lowest BCUT2D eigenvalue weighted by Crippen LogP contribution is -2.17. The maximum absolute atomic E-state index is 9.56. The third-order valence-electron chi connectivity index (χ3n) is 2.30. The molecule has 15 heavy (non-hydrogen) atoms. The van der Waals surface area contributed by atoms with Gasteiger partial charge < -0.3 is 10.8 Å². The summed E-state index contributed by atoms with van der Waals surface area (Å²) in [7, 11) is 0. The molecule has 0 aliphatic carbocycles. The van der Waals surface area contributed by atoms with E-state index in [-0.39, 0.29) is 11.8 Å². The Morgan fingerprint density at radius 1 is 1.47 bits per heavy atom. The van der Waals surface area contributed by atoms with Crippen LogP contribution in [0.15, 0.2) is 30.5 Å². The van der Waals surface area contributed by atoms with Gasteiger partial charge in [0.2, 0.25) is 0 Å². The molecule has 1 aromatic carbocycles. The van der Waals surface area contributed by atoms with Crippen LogP contribution >= 0.6 is 0 Å². The average molecular weight is 202 g/mol. The molecule has 3 nitrogen and oxygen atoms in total. The lowest BCUT2D eigenvalue weighted by Gasteiger charge is -2.06. The van der Waals surface area contributed by atoms with Gasteiger partial charge in [-0.2, -0.15) is 0 Å². The highest BCUT2D eigenvalue weighted by molar-refractivity contribution is 5.84. The summed E-state index contributed by atoms with van der Waals surface area (Å²) in [6, 6.07) is 7.54. The number of nitrogens with two attached hydrogens (primary N) is 1. The first-order chi connectivity index (χ1) is 7.16. The Morgan fingerprint density at radius 2 is 2.27 bits per heavy atom. The van der Waals surface area contributed by atoms with Crippen LogP contribution in [0.25, 0.3) is 10.9 Å². The largest absolute Gasteiger partial charge is 0.506 e. The lowest BCUT2D eigenvalue weighted by molar-refractivity contribution is 0.480. The maximum Gasteiger partial charge on any atom is 0.141 e. The number of phenols is 1. The molecule has 0 saturated heterocycles. The Labute approximate surface area is 88.6 Å². The van der Waals surface area contributed by atoms with Crippen molar-refractivity contribution >= 4 is 10.9 Å². The summed E-state index contributed by atoms with van der Waals surface area (Å²) in [6.45, 7) is 1.96. The summed E-state index contributed by atoms with van der Waals surface area (Å²) in [4.78, 5) is 4.23. The molecular formula is C12H14N2O. The number of aromatic nitrogens is 1. The monoisotopic (exact) mass is 202 g/mol.